The lowest BCUT2D eigenvalue weighted by molar-refractivity contribution is 0.388. The monoisotopic (exact) mass is 485 g/mol. The van der Waals surface area contributed by atoms with E-state index < -0.39 is 0 Å². The average Bonchev–Trinajstić information content (AvgIpc) is 3.56. The third kappa shape index (κ3) is 4.87. The summed E-state index contributed by atoms with van der Waals surface area (Å²) in [6, 6.07) is 33.0. The molecule has 6 rings (SSSR count). The SMILES string of the molecule is COc1ccc(/C=C/c2ccc(N(/C=C3\COc4ccccc43)/C=C3\COc4ccccc43)cc2)cc1. The Kier molecular flexibility index (Phi) is 6.22. The van der Waals surface area contributed by atoms with Crippen LogP contribution in [0.2, 0.25) is 0 Å². The van der Waals surface area contributed by atoms with Crippen LogP contribution in [0.4, 0.5) is 5.69 Å². The van der Waals surface area contributed by atoms with Crippen LogP contribution in [-0.2, 0) is 0 Å². The minimum atomic E-state index is 0.550. The van der Waals surface area contributed by atoms with Crippen molar-refractivity contribution in [2.45, 2.75) is 0 Å². The van der Waals surface area contributed by atoms with Crippen molar-refractivity contribution in [3.05, 3.63) is 132 Å². The Morgan fingerprint density at radius 2 is 1.11 bits per heavy atom. The zero-order valence-electron chi connectivity index (χ0n) is 20.6. The van der Waals surface area contributed by atoms with Crippen molar-refractivity contribution in [2.75, 3.05) is 25.2 Å². The summed E-state index contributed by atoms with van der Waals surface area (Å²) in [4.78, 5) is 2.18. The lowest BCUT2D eigenvalue weighted by atomic mass is 10.1. The maximum Gasteiger partial charge on any atom is 0.127 e. The highest BCUT2D eigenvalue weighted by Crippen LogP contribution is 2.36. The molecule has 37 heavy (non-hydrogen) atoms. The van der Waals surface area contributed by atoms with Gasteiger partial charge in [-0.1, -0.05) is 72.8 Å². The van der Waals surface area contributed by atoms with Gasteiger partial charge in [-0.15, -0.1) is 0 Å². The van der Waals surface area contributed by atoms with Crippen LogP contribution in [0.15, 0.2) is 109 Å². The smallest absolute Gasteiger partial charge is 0.127 e. The first-order valence-electron chi connectivity index (χ1n) is 12.3. The number of hydrogen-bond donors (Lipinski definition) is 0. The number of benzene rings is 4. The summed E-state index contributed by atoms with van der Waals surface area (Å²) in [5, 5.41) is 0. The third-order valence-electron chi connectivity index (χ3n) is 6.60. The third-order valence-corrected chi connectivity index (χ3v) is 6.60. The van der Waals surface area contributed by atoms with E-state index in [-0.39, 0.29) is 0 Å². The highest BCUT2D eigenvalue weighted by molar-refractivity contribution is 5.81. The Hall–Kier alpha value is -4.70. The number of fused-ring (bicyclic) bond motifs is 2. The molecule has 0 bridgehead atoms. The molecule has 0 aromatic heterocycles. The first-order chi connectivity index (χ1) is 18.3. The molecule has 2 aliphatic rings. The van der Waals surface area contributed by atoms with Crippen molar-refractivity contribution in [3.63, 3.8) is 0 Å². The molecule has 4 aromatic carbocycles. The van der Waals surface area contributed by atoms with E-state index in [1.807, 2.05) is 48.5 Å². The van der Waals surface area contributed by atoms with Gasteiger partial charge >= 0.3 is 0 Å². The fraction of sp³-hybridized carbons (Fsp3) is 0.0909. The average molecular weight is 486 g/mol. The van der Waals surface area contributed by atoms with Gasteiger partial charge in [0.1, 0.15) is 30.5 Å². The first-order valence-corrected chi connectivity index (χ1v) is 12.3. The summed E-state index contributed by atoms with van der Waals surface area (Å²) >= 11 is 0. The Morgan fingerprint density at radius 1 is 0.622 bits per heavy atom. The van der Waals surface area contributed by atoms with Crippen LogP contribution in [0, 0.1) is 0 Å². The van der Waals surface area contributed by atoms with E-state index in [1.54, 1.807) is 7.11 Å². The summed E-state index contributed by atoms with van der Waals surface area (Å²) in [7, 11) is 1.68. The topological polar surface area (TPSA) is 30.9 Å². The van der Waals surface area contributed by atoms with E-state index in [1.165, 1.54) is 0 Å². The molecule has 0 amide bonds. The van der Waals surface area contributed by atoms with Gasteiger partial charge in [0.05, 0.1) is 7.11 Å². The normalized spacial score (nSPS) is 15.9. The molecule has 4 aromatic rings. The molecule has 0 N–H and O–H groups in total. The van der Waals surface area contributed by atoms with Gasteiger partial charge in [0, 0.05) is 40.4 Å². The Balaban J connectivity index is 1.31. The number of para-hydroxylation sites is 2. The van der Waals surface area contributed by atoms with Crippen molar-refractivity contribution in [1.29, 1.82) is 0 Å². The lowest BCUT2D eigenvalue weighted by Crippen LogP contribution is -2.10. The van der Waals surface area contributed by atoms with Crippen LogP contribution in [0.25, 0.3) is 23.3 Å². The molecule has 4 heteroatoms. The Labute approximate surface area is 217 Å². The minimum absolute atomic E-state index is 0.550. The Morgan fingerprint density at radius 3 is 1.62 bits per heavy atom. The molecule has 4 nitrogen and oxygen atoms in total. The molecule has 2 heterocycles. The number of rotatable bonds is 6. The molecule has 0 unspecified atom stereocenters. The van der Waals surface area contributed by atoms with Crippen LogP contribution in [0.5, 0.6) is 17.2 Å². The molecule has 182 valence electrons. The molecule has 0 fully saturated rings. The molecule has 0 atom stereocenters. The highest BCUT2D eigenvalue weighted by Gasteiger charge is 2.20. The number of hydrogen-bond acceptors (Lipinski definition) is 4. The van der Waals surface area contributed by atoms with Crippen LogP contribution < -0.4 is 19.1 Å². The molecule has 0 radical (unpaired) electrons. The van der Waals surface area contributed by atoms with Crippen molar-refractivity contribution < 1.29 is 14.2 Å². The van der Waals surface area contributed by atoms with Gasteiger partial charge in [0.2, 0.25) is 0 Å². The van der Waals surface area contributed by atoms with Crippen molar-refractivity contribution >= 4 is 29.0 Å². The standard InChI is InChI=1S/C33H27NO3/c1-35-29-18-14-25(15-19-29)11-10-24-12-16-28(17-13-24)34(20-26-22-36-32-8-4-2-6-30(26)32)21-27-23-37-33-9-5-3-7-31(27)33/h2-21H,22-23H2,1H3/b11-10+,26-20+,27-21+. The maximum atomic E-state index is 5.92. The van der Waals surface area contributed by atoms with Gasteiger partial charge in [-0.2, -0.15) is 0 Å². The highest BCUT2D eigenvalue weighted by atomic mass is 16.5. The minimum Gasteiger partial charge on any atom is -0.497 e. The van der Waals surface area contributed by atoms with Gasteiger partial charge < -0.3 is 19.1 Å². The van der Waals surface area contributed by atoms with Gasteiger partial charge in [0.25, 0.3) is 0 Å². The zero-order chi connectivity index (χ0) is 25.0. The predicted octanol–water partition coefficient (Wildman–Crippen LogP) is 7.54. The van der Waals surface area contributed by atoms with E-state index in [9.17, 15) is 0 Å². The van der Waals surface area contributed by atoms with Crippen molar-refractivity contribution in [1.82, 2.24) is 0 Å². The Bertz CT molecular complexity index is 1430. The quantitative estimate of drug-likeness (QED) is 0.264. The van der Waals surface area contributed by atoms with Gasteiger partial charge in [-0.25, -0.2) is 0 Å². The summed E-state index contributed by atoms with van der Waals surface area (Å²) in [6.45, 7) is 1.10. The van der Waals surface area contributed by atoms with Gasteiger partial charge in [-0.05, 0) is 47.5 Å². The van der Waals surface area contributed by atoms with Gasteiger partial charge in [-0.3, -0.25) is 0 Å². The van der Waals surface area contributed by atoms with Crippen molar-refractivity contribution in [3.8, 4) is 17.2 Å². The predicted molar refractivity (Wildman–Crippen MR) is 151 cm³/mol. The second-order valence-electron chi connectivity index (χ2n) is 8.98. The molecule has 0 saturated heterocycles. The molecule has 2 aliphatic heterocycles. The number of ether oxygens (including phenoxy) is 3. The molecule has 0 saturated carbocycles. The fourth-order valence-electron chi connectivity index (χ4n) is 4.58. The van der Waals surface area contributed by atoms with Crippen LogP contribution in [0.3, 0.4) is 0 Å². The second-order valence-corrected chi connectivity index (χ2v) is 8.98. The summed E-state index contributed by atoms with van der Waals surface area (Å²) < 4.78 is 17.1. The summed E-state index contributed by atoms with van der Waals surface area (Å²) in [5.41, 5.74) is 7.87. The number of methoxy groups -OCH3 is 1. The van der Waals surface area contributed by atoms with Crippen LogP contribution in [-0.4, -0.2) is 20.3 Å². The largest absolute Gasteiger partial charge is 0.497 e. The summed E-state index contributed by atoms with van der Waals surface area (Å²) in [6.07, 6.45) is 8.56. The van der Waals surface area contributed by atoms with E-state index in [0.717, 1.165) is 56.3 Å². The molecular weight excluding hydrogens is 458 g/mol. The maximum absolute atomic E-state index is 5.92. The number of nitrogens with zero attached hydrogens (tertiary/aromatic N) is 1. The van der Waals surface area contributed by atoms with E-state index in [0.29, 0.717) is 13.2 Å². The van der Waals surface area contributed by atoms with Crippen LogP contribution >= 0.6 is 0 Å². The number of anilines is 1. The van der Waals surface area contributed by atoms with Gasteiger partial charge in [0.15, 0.2) is 0 Å². The van der Waals surface area contributed by atoms with E-state index in [4.69, 9.17) is 14.2 Å². The van der Waals surface area contributed by atoms with Crippen molar-refractivity contribution in [2.24, 2.45) is 0 Å². The van der Waals surface area contributed by atoms with Crippen LogP contribution in [0.1, 0.15) is 22.3 Å². The second kappa shape index (κ2) is 10.1. The summed E-state index contributed by atoms with van der Waals surface area (Å²) in [5.74, 6) is 2.71. The first kappa shape index (κ1) is 22.7. The fourth-order valence-corrected chi connectivity index (χ4v) is 4.58. The molecule has 0 aliphatic carbocycles. The van der Waals surface area contributed by atoms with E-state index >= 15 is 0 Å². The molecule has 0 spiro atoms. The lowest BCUT2D eigenvalue weighted by Gasteiger charge is -2.19. The van der Waals surface area contributed by atoms with E-state index in [2.05, 4.69) is 78.0 Å². The molecular formula is C33H27NO3. The zero-order valence-corrected chi connectivity index (χ0v) is 20.6.